The molecule has 1 amide bonds. The van der Waals surface area contributed by atoms with Crippen molar-refractivity contribution in [2.24, 2.45) is 11.8 Å². The third kappa shape index (κ3) is 3.97. The summed E-state index contributed by atoms with van der Waals surface area (Å²) in [7, 11) is 0. The van der Waals surface area contributed by atoms with Crippen molar-refractivity contribution in [2.45, 2.75) is 51.7 Å². The van der Waals surface area contributed by atoms with Crippen molar-refractivity contribution >= 4 is 34.3 Å². The number of piperidine rings is 1. The van der Waals surface area contributed by atoms with Crippen molar-refractivity contribution in [1.29, 1.82) is 0 Å². The molecule has 1 aliphatic rings. The normalized spacial score (nSPS) is 19.6. The predicted octanol–water partition coefficient (Wildman–Crippen LogP) is 3.44. The number of unbranched alkanes of at least 4 members (excludes halogenated alkanes) is 1. The van der Waals surface area contributed by atoms with Gasteiger partial charge in [0.15, 0.2) is 5.16 Å². The number of aryl methyl sites for hydroxylation is 1. The number of thioether (sulfide) groups is 1. The number of aromatic nitrogens is 4. The van der Waals surface area contributed by atoms with Gasteiger partial charge in [-0.25, -0.2) is 0 Å². The Morgan fingerprint density at radius 2 is 1.90 bits per heavy atom. The topological polar surface area (TPSA) is 72.5 Å². The van der Waals surface area contributed by atoms with Crippen LogP contribution >= 0.6 is 11.8 Å². The van der Waals surface area contributed by atoms with E-state index in [1.807, 2.05) is 33.6 Å². The summed E-state index contributed by atoms with van der Waals surface area (Å²) >= 11 is 1.40. The highest BCUT2D eigenvalue weighted by molar-refractivity contribution is 7.99. The van der Waals surface area contributed by atoms with Crippen LogP contribution in [0.15, 0.2) is 34.2 Å². The second kappa shape index (κ2) is 8.79. The zero-order valence-electron chi connectivity index (χ0n) is 17.9. The number of hydrogen-bond acceptors (Lipinski definition) is 5. The zero-order valence-corrected chi connectivity index (χ0v) is 18.7. The second-order valence-electron chi connectivity index (χ2n) is 8.48. The van der Waals surface area contributed by atoms with Crippen molar-refractivity contribution < 1.29 is 4.79 Å². The number of rotatable bonds is 6. The lowest BCUT2D eigenvalue weighted by Gasteiger charge is -2.34. The van der Waals surface area contributed by atoms with Crippen LogP contribution < -0.4 is 5.56 Å². The molecule has 2 aromatic heterocycles. The monoisotopic (exact) mass is 427 g/mol. The highest BCUT2D eigenvalue weighted by Crippen LogP contribution is 2.25. The fourth-order valence-corrected chi connectivity index (χ4v) is 5.27. The van der Waals surface area contributed by atoms with E-state index in [1.165, 1.54) is 18.2 Å². The molecule has 8 heteroatoms. The molecular formula is C22H29N5O2S. The SMILES string of the molecule is CCCCn1c(=O)c2ccccc2n2c(SCC(=O)N3C[C@@H](C)C[C@H](C)C3)nnc12. The summed E-state index contributed by atoms with van der Waals surface area (Å²) in [5.74, 6) is 2.08. The molecule has 0 saturated carbocycles. The minimum atomic E-state index is -0.0390. The van der Waals surface area contributed by atoms with Crippen LogP contribution in [0.1, 0.15) is 40.0 Å². The van der Waals surface area contributed by atoms with Crippen molar-refractivity contribution in [3.63, 3.8) is 0 Å². The molecular weight excluding hydrogens is 398 g/mol. The van der Waals surface area contributed by atoms with Crippen LogP contribution in [0, 0.1) is 11.8 Å². The number of fused-ring (bicyclic) bond motifs is 3. The van der Waals surface area contributed by atoms with Gasteiger partial charge in [0, 0.05) is 19.6 Å². The fraction of sp³-hybridized carbons (Fsp3) is 0.545. The van der Waals surface area contributed by atoms with Gasteiger partial charge >= 0.3 is 0 Å². The molecule has 1 aromatic carbocycles. The number of carbonyl (C=O) groups excluding carboxylic acids is 1. The number of likely N-dealkylation sites (tertiary alicyclic amines) is 1. The van der Waals surface area contributed by atoms with E-state index in [-0.39, 0.29) is 11.5 Å². The number of hydrogen-bond donors (Lipinski definition) is 0. The Labute approximate surface area is 180 Å². The largest absolute Gasteiger partial charge is 0.341 e. The Bertz CT molecular complexity index is 1110. The van der Waals surface area contributed by atoms with Crippen molar-refractivity contribution in [3.8, 4) is 0 Å². The first-order chi connectivity index (χ1) is 14.5. The summed E-state index contributed by atoms with van der Waals surface area (Å²) < 4.78 is 3.63. The zero-order chi connectivity index (χ0) is 21.3. The smallest absolute Gasteiger partial charge is 0.262 e. The Morgan fingerprint density at radius 1 is 1.17 bits per heavy atom. The van der Waals surface area contributed by atoms with Crippen LogP contribution in [-0.2, 0) is 11.3 Å². The maximum Gasteiger partial charge on any atom is 0.262 e. The predicted molar refractivity (Wildman–Crippen MR) is 120 cm³/mol. The molecule has 1 fully saturated rings. The Kier molecular flexibility index (Phi) is 6.13. The first-order valence-corrected chi connectivity index (χ1v) is 11.7. The standard InChI is InChI=1S/C22H29N5O2S/c1-4-5-10-26-20(29)17-8-6-7-9-18(17)27-21(26)23-24-22(27)30-14-19(28)25-12-15(2)11-16(3)13-25/h6-9,15-16H,4-5,10-14H2,1-3H3/t15-,16-/m0/s1. The lowest BCUT2D eigenvalue weighted by Crippen LogP contribution is -2.43. The molecule has 1 aliphatic heterocycles. The van der Waals surface area contributed by atoms with Crippen LogP contribution in [0.5, 0.6) is 0 Å². The van der Waals surface area contributed by atoms with Gasteiger partial charge < -0.3 is 4.90 Å². The number of para-hydroxylation sites is 1. The van der Waals surface area contributed by atoms with Gasteiger partial charge in [-0.1, -0.05) is 51.1 Å². The highest BCUT2D eigenvalue weighted by Gasteiger charge is 2.26. The molecule has 0 unspecified atom stereocenters. The maximum absolute atomic E-state index is 13.0. The lowest BCUT2D eigenvalue weighted by atomic mass is 9.92. The van der Waals surface area contributed by atoms with Gasteiger partial charge in [0.1, 0.15) is 0 Å². The average Bonchev–Trinajstić information content (AvgIpc) is 3.15. The minimum absolute atomic E-state index is 0.0390. The van der Waals surface area contributed by atoms with Gasteiger partial charge in [0.05, 0.1) is 16.7 Å². The van der Waals surface area contributed by atoms with Crippen molar-refractivity contribution in [1.82, 2.24) is 24.1 Å². The summed E-state index contributed by atoms with van der Waals surface area (Å²) in [6.07, 6.45) is 3.06. The number of amides is 1. The molecule has 3 aromatic rings. The lowest BCUT2D eigenvalue weighted by molar-refractivity contribution is -0.130. The summed E-state index contributed by atoms with van der Waals surface area (Å²) in [6.45, 7) is 8.76. The van der Waals surface area contributed by atoms with Gasteiger partial charge in [-0.15, -0.1) is 10.2 Å². The molecule has 0 spiro atoms. The van der Waals surface area contributed by atoms with Crippen molar-refractivity contribution in [2.75, 3.05) is 18.8 Å². The van der Waals surface area contributed by atoms with E-state index >= 15 is 0 Å². The Hall–Kier alpha value is -2.35. The van der Waals surface area contributed by atoms with E-state index in [0.29, 0.717) is 40.5 Å². The van der Waals surface area contributed by atoms with Crippen LogP contribution in [0.3, 0.4) is 0 Å². The van der Waals surface area contributed by atoms with E-state index < -0.39 is 0 Å². The van der Waals surface area contributed by atoms with Crippen LogP contribution in [0.2, 0.25) is 0 Å². The third-order valence-electron chi connectivity index (χ3n) is 5.76. The molecule has 0 bridgehead atoms. The van der Waals surface area contributed by atoms with Crippen molar-refractivity contribution in [3.05, 3.63) is 34.6 Å². The molecule has 7 nitrogen and oxygen atoms in total. The molecule has 0 N–H and O–H groups in total. The van der Waals surface area contributed by atoms with Gasteiger partial charge in [-0.05, 0) is 36.8 Å². The van der Waals surface area contributed by atoms with Crippen LogP contribution in [-0.4, -0.2) is 48.8 Å². The maximum atomic E-state index is 13.0. The third-order valence-corrected chi connectivity index (χ3v) is 6.67. The minimum Gasteiger partial charge on any atom is -0.341 e. The van der Waals surface area contributed by atoms with E-state index in [9.17, 15) is 9.59 Å². The van der Waals surface area contributed by atoms with Crippen LogP contribution in [0.4, 0.5) is 0 Å². The van der Waals surface area contributed by atoms with E-state index in [1.54, 1.807) is 4.57 Å². The molecule has 2 atom stereocenters. The quantitative estimate of drug-likeness (QED) is 0.564. The summed E-state index contributed by atoms with van der Waals surface area (Å²) in [5, 5.41) is 9.97. The fourth-order valence-electron chi connectivity index (χ4n) is 4.43. The first kappa shape index (κ1) is 20.9. The molecule has 0 radical (unpaired) electrons. The van der Waals surface area contributed by atoms with E-state index in [4.69, 9.17) is 0 Å². The average molecular weight is 428 g/mol. The Morgan fingerprint density at radius 3 is 2.63 bits per heavy atom. The molecule has 4 rings (SSSR count). The molecule has 0 aliphatic carbocycles. The molecule has 160 valence electrons. The van der Waals surface area contributed by atoms with Crippen LogP contribution in [0.25, 0.3) is 16.7 Å². The summed E-state index contributed by atoms with van der Waals surface area (Å²) in [4.78, 5) is 27.8. The van der Waals surface area contributed by atoms with Gasteiger partial charge in [-0.3, -0.25) is 18.6 Å². The number of benzene rings is 1. The molecule has 30 heavy (non-hydrogen) atoms. The van der Waals surface area contributed by atoms with Gasteiger partial charge in [0.25, 0.3) is 5.56 Å². The first-order valence-electron chi connectivity index (χ1n) is 10.8. The Balaban J connectivity index is 1.66. The number of nitrogens with zero attached hydrogens (tertiary/aromatic N) is 5. The second-order valence-corrected chi connectivity index (χ2v) is 9.42. The van der Waals surface area contributed by atoms with Gasteiger partial charge in [0.2, 0.25) is 11.7 Å². The van der Waals surface area contributed by atoms with E-state index in [0.717, 1.165) is 31.4 Å². The molecule has 1 saturated heterocycles. The summed E-state index contributed by atoms with van der Waals surface area (Å²) in [6, 6.07) is 7.54. The summed E-state index contributed by atoms with van der Waals surface area (Å²) in [5.41, 5.74) is 0.744. The van der Waals surface area contributed by atoms with Gasteiger partial charge in [-0.2, -0.15) is 0 Å². The molecule has 3 heterocycles. The highest BCUT2D eigenvalue weighted by atomic mass is 32.2. The van der Waals surface area contributed by atoms with E-state index in [2.05, 4.69) is 31.0 Å². The number of carbonyl (C=O) groups is 1.